The Morgan fingerprint density at radius 2 is 1.81 bits per heavy atom. The van der Waals surface area contributed by atoms with Crippen LogP contribution >= 0.6 is 24.0 Å². The largest absolute Gasteiger partial charge is 0.444 e. The summed E-state index contributed by atoms with van der Waals surface area (Å²) < 4.78 is 5.57. The van der Waals surface area contributed by atoms with Gasteiger partial charge < -0.3 is 24.9 Å². The number of hydrogen-bond acceptors (Lipinski definition) is 5. The highest BCUT2D eigenvalue weighted by atomic mass is 127. The summed E-state index contributed by atoms with van der Waals surface area (Å²) in [4.78, 5) is 13.7. The van der Waals surface area contributed by atoms with Crippen LogP contribution in [0.5, 0.6) is 0 Å². The molecule has 1 aliphatic rings. The number of likely N-dealkylation sites (N-methyl/N-ethyl adjacent to an activating group) is 1. The lowest BCUT2D eigenvalue weighted by Crippen LogP contribution is -2.46. The molecule has 1 aromatic heterocycles. The maximum absolute atomic E-state index is 5.57. The van der Waals surface area contributed by atoms with Crippen molar-refractivity contribution < 1.29 is 4.42 Å². The highest BCUT2D eigenvalue weighted by Crippen LogP contribution is 2.07. The van der Waals surface area contributed by atoms with Gasteiger partial charge in [0.25, 0.3) is 0 Å². The Morgan fingerprint density at radius 3 is 2.38 bits per heavy atom. The van der Waals surface area contributed by atoms with Crippen LogP contribution in [0.25, 0.3) is 0 Å². The summed E-state index contributed by atoms with van der Waals surface area (Å²) in [6.45, 7) is 14.8. The van der Waals surface area contributed by atoms with Crippen LogP contribution < -0.4 is 10.6 Å². The number of rotatable bonds is 8. The Morgan fingerprint density at radius 1 is 1.12 bits per heavy atom. The minimum absolute atomic E-state index is 0. The van der Waals surface area contributed by atoms with E-state index in [1.807, 2.05) is 13.8 Å². The van der Waals surface area contributed by atoms with Gasteiger partial charge in [0.05, 0.1) is 12.2 Å². The highest BCUT2D eigenvalue weighted by molar-refractivity contribution is 14.0. The zero-order chi connectivity index (χ0) is 18.1. The van der Waals surface area contributed by atoms with Crippen molar-refractivity contribution in [3.05, 3.63) is 17.3 Å². The molecule has 0 aromatic carbocycles. The molecule has 1 fully saturated rings. The predicted molar refractivity (Wildman–Crippen MR) is 117 cm³/mol. The Balaban J connectivity index is 0.00000338. The maximum atomic E-state index is 5.57. The van der Waals surface area contributed by atoms with Crippen LogP contribution in [-0.4, -0.2) is 73.6 Å². The Labute approximate surface area is 175 Å². The van der Waals surface area contributed by atoms with Gasteiger partial charge in [0.1, 0.15) is 5.76 Å². The molecule has 0 bridgehead atoms. The number of aliphatic imine (C=N–C) groups is 1. The number of guanidine groups is 1. The molecule has 0 unspecified atom stereocenters. The lowest BCUT2D eigenvalue weighted by Gasteiger charge is -2.34. The van der Waals surface area contributed by atoms with Crippen molar-refractivity contribution in [2.24, 2.45) is 4.99 Å². The number of aryl methyl sites for hydroxylation is 2. The molecule has 1 aliphatic heterocycles. The van der Waals surface area contributed by atoms with Gasteiger partial charge in [0.15, 0.2) is 5.96 Å². The fourth-order valence-corrected chi connectivity index (χ4v) is 2.99. The monoisotopic (exact) mass is 478 g/mol. The van der Waals surface area contributed by atoms with Crippen LogP contribution in [-0.2, 0) is 6.54 Å². The standard InChI is InChI=1S/C18H34N6O.HI/c1-5-23-10-12-24(13-11-23)9-7-6-8-20-18(19-4)21-14-17-22-15(2)16(3)25-17;/h5-14H2,1-4H3,(H2,19,20,21);1H. The second kappa shape index (κ2) is 12.5. The summed E-state index contributed by atoms with van der Waals surface area (Å²) in [6, 6.07) is 0. The van der Waals surface area contributed by atoms with Crippen LogP contribution in [0.3, 0.4) is 0 Å². The summed E-state index contributed by atoms with van der Waals surface area (Å²) in [6.07, 6.45) is 2.36. The van der Waals surface area contributed by atoms with Gasteiger partial charge in [0, 0.05) is 39.8 Å². The molecule has 2 rings (SSSR count). The third kappa shape index (κ3) is 7.79. The number of aromatic nitrogens is 1. The molecule has 2 N–H and O–H groups in total. The molecule has 1 saturated heterocycles. The van der Waals surface area contributed by atoms with Crippen LogP contribution in [0, 0.1) is 13.8 Å². The van der Waals surface area contributed by atoms with Gasteiger partial charge in [0.2, 0.25) is 5.89 Å². The Hall–Kier alpha value is -0.870. The molecule has 0 amide bonds. The van der Waals surface area contributed by atoms with Crippen LogP contribution in [0.1, 0.15) is 37.1 Å². The first-order valence-electron chi connectivity index (χ1n) is 9.44. The number of hydrogen-bond donors (Lipinski definition) is 2. The number of nitrogens with zero attached hydrogens (tertiary/aromatic N) is 4. The number of halogens is 1. The molecule has 2 heterocycles. The summed E-state index contributed by atoms with van der Waals surface area (Å²) in [5.74, 6) is 2.37. The molecular formula is C18H35IN6O. The van der Waals surface area contributed by atoms with E-state index in [2.05, 4.69) is 37.3 Å². The minimum Gasteiger partial charge on any atom is -0.444 e. The van der Waals surface area contributed by atoms with E-state index in [-0.39, 0.29) is 24.0 Å². The lowest BCUT2D eigenvalue weighted by atomic mass is 10.2. The van der Waals surface area contributed by atoms with Gasteiger partial charge >= 0.3 is 0 Å². The zero-order valence-corrected chi connectivity index (χ0v) is 19.0. The third-order valence-corrected chi connectivity index (χ3v) is 4.81. The highest BCUT2D eigenvalue weighted by Gasteiger charge is 2.14. The van der Waals surface area contributed by atoms with E-state index in [4.69, 9.17) is 4.42 Å². The minimum atomic E-state index is 0. The van der Waals surface area contributed by atoms with Gasteiger partial charge in [-0.15, -0.1) is 24.0 Å². The molecular weight excluding hydrogens is 443 g/mol. The van der Waals surface area contributed by atoms with Crippen molar-refractivity contribution in [3.8, 4) is 0 Å². The van der Waals surface area contributed by atoms with E-state index in [1.54, 1.807) is 7.05 Å². The second-order valence-electron chi connectivity index (χ2n) is 6.58. The van der Waals surface area contributed by atoms with Crippen molar-refractivity contribution in [1.82, 2.24) is 25.4 Å². The molecule has 7 nitrogen and oxygen atoms in total. The van der Waals surface area contributed by atoms with Gasteiger partial charge in [-0.05, 0) is 39.8 Å². The summed E-state index contributed by atoms with van der Waals surface area (Å²) in [5.41, 5.74) is 0.944. The Kier molecular flexibility index (Phi) is 11.1. The van der Waals surface area contributed by atoms with E-state index < -0.39 is 0 Å². The van der Waals surface area contributed by atoms with Crippen LogP contribution in [0.15, 0.2) is 9.41 Å². The number of oxazole rings is 1. The number of piperazine rings is 1. The molecule has 0 aliphatic carbocycles. The first-order valence-corrected chi connectivity index (χ1v) is 9.44. The molecule has 0 spiro atoms. The summed E-state index contributed by atoms with van der Waals surface area (Å²) >= 11 is 0. The van der Waals surface area contributed by atoms with Crippen molar-refractivity contribution >= 4 is 29.9 Å². The SMILES string of the molecule is CCN1CCN(CCCCNC(=NC)NCc2nc(C)c(C)o2)CC1.I. The number of nitrogens with one attached hydrogen (secondary N) is 2. The first-order chi connectivity index (χ1) is 12.1. The molecule has 26 heavy (non-hydrogen) atoms. The molecule has 8 heteroatoms. The van der Waals surface area contributed by atoms with Crippen molar-refractivity contribution in [2.45, 2.75) is 40.2 Å². The summed E-state index contributed by atoms with van der Waals surface area (Å²) in [5, 5.41) is 6.60. The maximum Gasteiger partial charge on any atom is 0.214 e. The fourth-order valence-electron chi connectivity index (χ4n) is 2.99. The fraction of sp³-hybridized carbons (Fsp3) is 0.778. The van der Waals surface area contributed by atoms with Crippen LogP contribution in [0.4, 0.5) is 0 Å². The lowest BCUT2D eigenvalue weighted by molar-refractivity contribution is 0.136. The molecule has 150 valence electrons. The third-order valence-electron chi connectivity index (χ3n) is 4.81. The molecule has 1 aromatic rings. The Bertz CT molecular complexity index is 520. The predicted octanol–water partition coefficient (Wildman–Crippen LogP) is 1.99. The van der Waals surface area contributed by atoms with Gasteiger partial charge in [-0.25, -0.2) is 4.98 Å². The quantitative estimate of drug-likeness (QED) is 0.258. The topological polar surface area (TPSA) is 68.9 Å². The molecule has 0 atom stereocenters. The van der Waals surface area contributed by atoms with E-state index in [9.17, 15) is 0 Å². The first kappa shape index (κ1) is 23.2. The summed E-state index contributed by atoms with van der Waals surface area (Å²) in [7, 11) is 1.79. The van der Waals surface area contributed by atoms with Crippen molar-refractivity contribution in [2.75, 3.05) is 52.9 Å². The van der Waals surface area contributed by atoms with E-state index in [0.717, 1.165) is 30.4 Å². The average molecular weight is 478 g/mol. The van der Waals surface area contributed by atoms with Gasteiger partial charge in [-0.1, -0.05) is 6.92 Å². The smallest absolute Gasteiger partial charge is 0.214 e. The molecule has 0 radical (unpaired) electrons. The van der Waals surface area contributed by atoms with Crippen LogP contribution in [0.2, 0.25) is 0 Å². The van der Waals surface area contributed by atoms with E-state index in [1.165, 1.54) is 45.7 Å². The molecule has 0 saturated carbocycles. The van der Waals surface area contributed by atoms with Gasteiger partial charge in [-0.2, -0.15) is 0 Å². The zero-order valence-electron chi connectivity index (χ0n) is 16.7. The van der Waals surface area contributed by atoms with Crippen molar-refractivity contribution in [1.29, 1.82) is 0 Å². The van der Waals surface area contributed by atoms with Crippen molar-refractivity contribution in [3.63, 3.8) is 0 Å². The van der Waals surface area contributed by atoms with E-state index >= 15 is 0 Å². The second-order valence-corrected chi connectivity index (χ2v) is 6.58. The normalized spacial score (nSPS) is 16.4. The average Bonchev–Trinajstić information content (AvgIpc) is 2.95. The van der Waals surface area contributed by atoms with E-state index in [0.29, 0.717) is 12.4 Å². The van der Waals surface area contributed by atoms with Gasteiger partial charge in [-0.3, -0.25) is 4.99 Å². The number of unbranched alkanes of at least 4 members (excludes halogenated alkanes) is 1.